The Bertz CT molecular complexity index is 8.00. The summed E-state index contributed by atoms with van der Waals surface area (Å²) in [6.45, 7) is -0.0278. The van der Waals surface area contributed by atoms with E-state index in [2.05, 4.69) is 11.5 Å². The van der Waals surface area contributed by atoms with Crippen LogP contribution in [0.4, 0.5) is 4.32 Å². The van der Waals surface area contributed by atoms with E-state index in [1.54, 1.807) is 0 Å². The Balaban J connectivity index is 0. The van der Waals surface area contributed by atoms with Crippen LogP contribution in [-0.4, -0.2) is 6.97 Å². The first-order valence-electron chi connectivity index (χ1n) is 0.436. The minimum absolute atomic E-state index is 0. The van der Waals surface area contributed by atoms with Crippen molar-refractivity contribution in [2.75, 3.05) is 0 Å². The summed E-state index contributed by atoms with van der Waals surface area (Å²) in [6.07, 6.45) is 0. The third-order valence-corrected chi connectivity index (χ3v) is 0. The third-order valence-electron chi connectivity index (χ3n) is 0. The minimum Gasteiger partial charge on any atom is -0.578 e. The van der Waals surface area contributed by atoms with Gasteiger partial charge in [-0.1, -0.05) is 0 Å². The van der Waals surface area contributed by atoms with Gasteiger partial charge in [0.2, 0.25) is 0 Å². The van der Waals surface area contributed by atoms with Crippen LogP contribution in [0.3, 0.4) is 0 Å². The second-order valence-corrected chi connectivity index (χ2v) is 0.247. The Labute approximate surface area is 42.1 Å². The maximum atomic E-state index is 9.93. The molecule has 0 amide bonds. The average molecular weight is 72.2 g/mol. The number of hydrogen-bond acceptors (Lipinski definition) is 0. The van der Waals surface area contributed by atoms with E-state index >= 15 is 0 Å². The summed E-state index contributed by atoms with van der Waals surface area (Å²) in [7, 11) is 0. The van der Waals surface area contributed by atoms with Crippen LogP contribution in [0.5, 0.6) is 0 Å². The molecule has 0 aromatic heterocycles. The van der Waals surface area contributed by atoms with Crippen molar-refractivity contribution in [3.8, 4) is 0 Å². The van der Waals surface area contributed by atoms with Crippen LogP contribution >= 0.6 is 11.5 Å². The van der Waals surface area contributed by atoms with Crippen LogP contribution in [-0.2, 0) is 0 Å². The molecule has 0 aliphatic rings. The van der Waals surface area contributed by atoms with Gasteiger partial charge in [0.15, 0.2) is 0 Å². The molecule has 0 saturated heterocycles. The fraction of sp³-hybridized carbons (Fsp3) is 0. The van der Waals surface area contributed by atoms with Crippen molar-refractivity contribution in [2.24, 2.45) is 0 Å². The molecule has 0 saturated carbocycles. The molecule has 0 atom stereocenters. The normalized spacial score (nSPS) is 4.50. The van der Waals surface area contributed by atoms with Crippen LogP contribution in [0.15, 0.2) is 0 Å². The molecule has 0 spiro atoms. The number of halogens is 2. The first-order chi connectivity index (χ1) is 1.41. The Morgan fingerprint density at radius 1 is 1.75 bits per heavy atom. The molecule has 0 aliphatic carbocycles. The second kappa shape index (κ2) is 9.10. The van der Waals surface area contributed by atoms with E-state index in [0.29, 0.717) is 0 Å². The van der Waals surface area contributed by atoms with Crippen molar-refractivity contribution < 1.29 is 23.2 Å². The molecular weight excluding hydrogens is 72.2 g/mol. The summed E-state index contributed by atoms with van der Waals surface area (Å²) in [4.78, 5) is 0. The second-order valence-electron chi connectivity index (χ2n) is 0.0825. The molecule has 4 heteroatoms. The molecule has 0 unspecified atom stereocenters. The SMILES string of the molecule is F[B-]Cl.[Li+]. The van der Waals surface area contributed by atoms with Crippen molar-refractivity contribution in [3.05, 3.63) is 0 Å². The van der Waals surface area contributed by atoms with Gasteiger partial charge in [0.1, 0.15) is 0 Å². The van der Waals surface area contributed by atoms with Gasteiger partial charge >= 0.3 is 18.9 Å². The molecule has 0 N–H and O–H groups in total. The Kier molecular flexibility index (Phi) is 20.2. The summed E-state index contributed by atoms with van der Waals surface area (Å²) in [5, 5.41) is 0. The molecule has 0 heterocycles. The van der Waals surface area contributed by atoms with E-state index in [9.17, 15) is 4.32 Å². The molecule has 2 radical (unpaired) electrons. The standard InChI is InChI=1S/BClF.Li/c2-1-3;/q-1;+1. The van der Waals surface area contributed by atoms with Gasteiger partial charge in [0.05, 0.1) is 0 Å². The van der Waals surface area contributed by atoms with E-state index in [1.807, 2.05) is 0 Å². The molecular formula is BClFLi. The van der Waals surface area contributed by atoms with Gasteiger partial charge in [-0.05, 0) is 0 Å². The van der Waals surface area contributed by atoms with Gasteiger partial charge in [-0.2, -0.15) is 0 Å². The molecule has 0 fully saturated rings. The van der Waals surface area contributed by atoms with E-state index in [1.165, 1.54) is 0 Å². The monoisotopic (exact) mass is 72.0 g/mol. The molecule has 0 rings (SSSR count). The summed E-state index contributed by atoms with van der Waals surface area (Å²) in [5.74, 6) is 0. The zero-order chi connectivity index (χ0) is 2.71. The molecule has 0 nitrogen and oxygen atoms in total. The van der Waals surface area contributed by atoms with Crippen LogP contribution < -0.4 is 18.9 Å². The maximum absolute atomic E-state index is 9.93. The molecule has 0 bridgehead atoms. The van der Waals surface area contributed by atoms with E-state index < -0.39 is 0 Å². The van der Waals surface area contributed by atoms with Crippen LogP contribution in [0.1, 0.15) is 0 Å². The summed E-state index contributed by atoms with van der Waals surface area (Å²) in [5.41, 5.74) is 0. The quantitative estimate of drug-likeness (QED) is 0.283. The van der Waals surface area contributed by atoms with Gasteiger partial charge in [0, 0.05) is 6.97 Å². The topological polar surface area (TPSA) is 0 Å². The van der Waals surface area contributed by atoms with Gasteiger partial charge < -0.3 is 15.8 Å². The molecule has 18 valence electrons. The first kappa shape index (κ1) is 8.86. The average Bonchev–Trinajstić information content (AvgIpc) is 0.918. The van der Waals surface area contributed by atoms with Gasteiger partial charge in [0.25, 0.3) is 0 Å². The van der Waals surface area contributed by atoms with Crippen molar-refractivity contribution in [3.63, 3.8) is 0 Å². The fourth-order valence-corrected chi connectivity index (χ4v) is 0. The first-order valence-corrected chi connectivity index (χ1v) is 0.873. The molecule has 0 aliphatic heterocycles. The summed E-state index contributed by atoms with van der Waals surface area (Å²) < 4.78 is 9.93. The van der Waals surface area contributed by atoms with Gasteiger partial charge in [-0.25, -0.2) is 0 Å². The fourth-order valence-electron chi connectivity index (χ4n) is 0. The summed E-state index contributed by atoms with van der Waals surface area (Å²) >= 11 is 4.21. The van der Waals surface area contributed by atoms with Crippen molar-refractivity contribution >= 4 is 18.4 Å². The largest absolute Gasteiger partial charge is 1.00 e. The maximum Gasteiger partial charge on any atom is 1.00 e. The predicted molar refractivity (Wildman–Crippen MR) is 12.7 cm³/mol. The third kappa shape index (κ3) is 13.1. The van der Waals surface area contributed by atoms with Crippen LogP contribution in [0.2, 0.25) is 0 Å². The Morgan fingerprint density at radius 2 is 1.75 bits per heavy atom. The Hall–Kier alpha value is 0.882. The molecule has 4 heavy (non-hydrogen) atoms. The van der Waals surface area contributed by atoms with Crippen LogP contribution in [0, 0.1) is 0 Å². The predicted octanol–water partition coefficient (Wildman–Crippen LogP) is -2.27. The Morgan fingerprint density at radius 3 is 1.75 bits per heavy atom. The van der Waals surface area contributed by atoms with Gasteiger partial charge in [-0.3, -0.25) is 0 Å². The van der Waals surface area contributed by atoms with Crippen molar-refractivity contribution in [2.45, 2.75) is 0 Å². The van der Waals surface area contributed by atoms with Crippen molar-refractivity contribution in [1.29, 1.82) is 0 Å². The smallest absolute Gasteiger partial charge is 0.578 e. The zero-order valence-electron chi connectivity index (χ0n) is 2.33. The van der Waals surface area contributed by atoms with Gasteiger partial charge in [-0.15, -0.1) is 0 Å². The summed E-state index contributed by atoms with van der Waals surface area (Å²) in [6, 6.07) is 0. The zero-order valence-corrected chi connectivity index (χ0v) is 3.09. The molecule has 0 aromatic carbocycles. The number of rotatable bonds is 0. The van der Waals surface area contributed by atoms with Crippen LogP contribution in [0.25, 0.3) is 0 Å². The number of hydrogen-bond donors (Lipinski definition) is 0. The van der Waals surface area contributed by atoms with Crippen molar-refractivity contribution in [1.82, 2.24) is 0 Å². The van der Waals surface area contributed by atoms with E-state index in [0.717, 1.165) is 0 Å². The van der Waals surface area contributed by atoms with E-state index in [-0.39, 0.29) is 25.8 Å². The minimum atomic E-state index is -0.0278. The molecule has 0 aromatic rings. The van der Waals surface area contributed by atoms with E-state index in [4.69, 9.17) is 0 Å².